The smallest absolute Gasteiger partial charge is 0.246 e. The molecule has 0 saturated carbocycles. The molecule has 1 aliphatic rings. The van der Waals surface area contributed by atoms with Gasteiger partial charge in [-0.2, -0.15) is 0 Å². The van der Waals surface area contributed by atoms with Gasteiger partial charge in [-0.15, -0.1) is 0 Å². The fourth-order valence-corrected chi connectivity index (χ4v) is 2.66. The summed E-state index contributed by atoms with van der Waals surface area (Å²) in [5.41, 5.74) is 1.07. The third kappa shape index (κ3) is 5.35. The Balaban J connectivity index is 1.94. The van der Waals surface area contributed by atoms with E-state index in [-0.39, 0.29) is 5.91 Å². The van der Waals surface area contributed by atoms with Crippen molar-refractivity contribution in [2.75, 3.05) is 19.6 Å². The lowest BCUT2D eigenvalue weighted by atomic mass is 10.2. The summed E-state index contributed by atoms with van der Waals surface area (Å²) in [6, 6.07) is 10.5. The normalized spacial score (nSPS) is 18.2. The van der Waals surface area contributed by atoms with Gasteiger partial charge in [0.15, 0.2) is 0 Å². The molecule has 1 aromatic rings. The predicted octanol–water partition coefficient (Wildman–Crippen LogP) is 3.08. The molecule has 21 heavy (non-hydrogen) atoms. The third-order valence-electron chi connectivity index (χ3n) is 3.91. The second-order valence-electron chi connectivity index (χ2n) is 5.68. The Kier molecular flexibility index (Phi) is 6.48. The summed E-state index contributed by atoms with van der Waals surface area (Å²) in [6.45, 7) is 4.93. The zero-order valence-corrected chi connectivity index (χ0v) is 12.9. The Hall–Kier alpha value is -1.61. The Bertz CT molecular complexity index is 450. The minimum absolute atomic E-state index is 0.126. The average molecular weight is 286 g/mol. The number of unbranched alkanes of at least 4 members (excludes halogenated alkanes) is 1. The van der Waals surface area contributed by atoms with Crippen molar-refractivity contribution in [2.45, 2.75) is 38.6 Å². The lowest BCUT2D eigenvalue weighted by Crippen LogP contribution is -2.40. The van der Waals surface area contributed by atoms with E-state index >= 15 is 0 Å². The predicted molar refractivity (Wildman–Crippen MR) is 88.0 cm³/mol. The maximum atomic E-state index is 12.4. The van der Waals surface area contributed by atoms with Crippen LogP contribution in [0.4, 0.5) is 0 Å². The highest BCUT2D eigenvalue weighted by Gasteiger charge is 2.19. The van der Waals surface area contributed by atoms with E-state index in [1.54, 1.807) is 6.08 Å². The minimum atomic E-state index is 0.126. The highest BCUT2D eigenvalue weighted by molar-refractivity contribution is 5.91. The van der Waals surface area contributed by atoms with E-state index < -0.39 is 0 Å². The van der Waals surface area contributed by atoms with Crippen molar-refractivity contribution < 1.29 is 4.79 Å². The summed E-state index contributed by atoms with van der Waals surface area (Å²) in [5.74, 6) is 0.126. The van der Waals surface area contributed by atoms with Gasteiger partial charge < -0.3 is 10.2 Å². The Morgan fingerprint density at radius 3 is 2.86 bits per heavy atom. The van der Waals surface area contributed by atoms with E-state index in [0.717, 1.165) is 38.0 Å². The molecule has 1 aromatic carbocycles. The van der Waals surface area contributed by atoms with Crippen LogP contribution in [0.2, 0.25) is 0 Å². The highest BCUT2D eigenvalue weighted by Crippen LogP contribution is 2.09. The lowest BCUT2D eigenvalue weighted by molar-refractivity contribution is -0.126. The van der Waals surface area contributed by atoms with Gasteiger partial charge in [0.05, 0.1) is 0 Å². The molecule has 1 atom stereocenters. The van der Waals surface area contributed by atoms with Gasteiger partial charge in [0.25, 0.3) is 0 Å². The zero-order valence-electron chi connectivity index (χ0n) is 12.9. The van der Waals surface area contributed by atoms with Crippen LogP contribution in [0.1, 0.15) is 38.2 Å². The molecule has 0 radical (unpaired) electrons. The first kappa shape index (κ1) is 15.8. The van der Waals surface area contributed by atoms with Crippen molar-refractivity contribution in [1.82, 2.24) is 10.2 Å². The molecule has 0 bridgehead atoms. The van der Waals surface area contributed by atoms with Gasteiger partial charge in [-0.05, 0) is 37.4 Å². The fraction of sp³-hybridized carbons (Fsp3) is 0.500. The third-order valence-corrected chi connectivity index (χ3v) is 3.91. The molecule has 1 fully saturated rings. The number of hydrogen-bond acceptors (Lipinski definition) is 2. The molecule has 114 valence electrons. The van der Waals surface area contributed by atoms with Crippen molar-refractivity contribution in [3.63, 3.8) is 0 Å². The van der Waals surface area contributed by atoms with Gasteiger partial charge in [0.1, 0.15) is 0 Å². The summed E-state index contributed by atoms with van der Waals surface area (Å²) in [4.78, 5) is 14.4. The molecular formula is C18H26N2O. The first-order chi connectivity index (χ1) is 10.3. The molecule has 2 rings (SSSR count). The number of amides is 1. The zero-order chi connectivity index (χ0) is 14.9. The van der Waals surface area contributed by atoms with Gasteiger partial charge >= 0.3 is 0 Å². The first-order valence-electron chi connectivity index (χ1n) is 8.05. The molecule has 0 aromatic heterocycles. The highest BCUT2D eigenvalue weighted by atomic mass is 16.2. The number of carbonyl (C=O) groups is 1. The molecular weight excluding hydrogens is 260 g/mol. The van der Waals surface area contributed by atoms with E-state index in [0.29, 0.717) is 6.04 Å². The van der Waals surface area contributed by atoms with Crippen LogP contribution in [0, 0.1) is 0 Å². The molecule has 1 saturated heterocycles. The van der Waals surface area contributed by atoms with E-state index in [2.05, 4.69) is 12.2 Å². The Morgan fingerprint density at radius 2 is 2.19 bits per heavy atom. The summed E-state index contributed by atoms with van der Waals surface area (Å²) in [6.07, 6.45) is 8.20. The quantitative estimate of drug-likeness (QED) is 0.781. The maximum Gasteiger partial charge on any atom is 0.246 e. The average Bonchev–Trinajstić information content (AvgIpc) is 3.03. The summed E-state index contributed by atoms with van der Waals surface area (Å²) in [7, 11) is 0. The van der Waals surface area contributed by atoms with Crippen LogP contribution in [0.5, 0.6) is 0 Å². The second-order valence-corrected chi connectivity index (χ2v) is 5.68. The number of carbonyl (C=O) groups excluding carboxylic acids is 1. The topological polar surface area (TPSA) is 32.3 Å². The Morgan fingerprint density at radius 1 is 1.38 bits per heavy atom. The van der Waals surface area contributed by atoms with Gasteiger partial charge in [-0.3, -0.25) is 4.79 Å². The van der Waals surface area contributed by atoms with Crippen LogP contribution in [0.15, 0.2) is 36.4 Å². The molecule has 3 heteroatoms. The maximum absolute atomic E-state index is 12.4. The van der Waals surface area contributed by atoms with Crippen LogP contribution in [0.3, 0.4) is 0 Å². The largest absolute Gasteiger partial charge is 0.338 e. The summed E-state index contributed by atoms with van der Waals surface area (Å²) in [5, 5.41) is 3.47. The van der Waals surface area contributed by atoms with Crippen molar-refractivity contribution >= 4 is 12.0 Å². The molecule has 0 spiro atoms. The van der Waals surface area contributed by atoms with Crippen molar-refractivity contribution in [3.05, 3.63) is 42.0 Å². The molecule has 1 heterocycles. The van der Waals surface area contributed by atoms with Gasteiger partial charge in [0.2, 0.25) is 5.91 Å². The molecule has 3 nitrogen and oxygen atoms in total. The van der Waals surface area contributed by atoms with Crippen LogP contribution in [-0.4, -0.2) is 36.5 Å². The van der Waals surface area contributed by atoms with Gasteiger partial charge in [-0.1, -0.05) is 43.7 Å². The molecule has 1 aliphatic heterocycles. The molecule has 1 unspecified atom stereocenters. The molecule has 0 aliphatic carbocycles. The number of benzene rings is 1. The van der Waals surface area contributed by atoms with Crippen LogP contribution in [-0.2, 0) is 4.79 Å². The van der Waals surface area contributed by atoms with Gasteiger partial charge in [0, 0.05) is 25.2 Å². The molecule has 1 N–H and O–H groups in total. The number of nitrogens with zero attached hydrogens (tertiary/aromatic N) is 1. The van der Waals surface area contributed by atoms with E-state index in [1.165, 1.54) is 12.8 Å². The van der Waals surface area contributed by atoms with E-state index in [9.17, 15) is 4.79 Å². The number of rotatable bonds is 7. The Labute approximate surface area is 128 Å². The van der Waals surface area contributed by atoms with Gasteiger partial charge in [-0.25, -0.2) is 0 Å². The standard InChI is InChI=1S/C18H26N2O/c1-2-3-14-20(15-17-10-7-13-19-17)18(21)12-11-16-8-5-4-6-9-16/h4-6,8-9,11-12,17,19H,2-3,7,10,13-15H2,1H3/b12-11+. The van der Waals surface area contributed by atoms with Crippen molar-refractivity contribution in [2.24, 2.45) is 0 Å². The summed E-state index contributed by atoms with van der Waals surface area (Å²) >= 11 is 0. The number of hydrogen-bond donors (Lipinski definition) is 1. The first-order valence-corrected chi connectivity index (χ1v) is 8.05. The number of nitrogens with one attached hydrogen (secondary N) is 1. The van der Waals surface area contributed by atoms with Crippen molar-refractivity contribution in [3.8, 4) is 0 Å². The fourth-order valence-electron chi connectivity index (χ4n) is 2.66. The SMILES string of the molecule is CCCCN(CC1CCCN1)C(=O)/C=C/c1ccccc1. The van der Waals surface area contributed by atoms with Crippen molar-refractivity contribution in [1.29, 1.82) is 0 Å². The van der Waals surface area contributed by atoms with Crippen LogP contribution < -0.4 is 5.32 Å². The van der Waals surface area contributed by atoms with E-state index in [4.69, 9.17) is 0 Å². The second kappa shape index (κ2) is 8.63. The lowest BCUT2D eigenvalue weighted by Gasteiger charge is -2.24. The van der Waals surface area contributed by atoms with Crippen LogP contribution >= 0.6 is 0 Å². The van der Waals surface area contributed by atoms with Crippen LogP contribution in [0.25, 0.3) is 6.08 Å². The molecule has 1 amide bonds. The minimum Gasteiger partial charge on any atom is -0.338 e. The van der Waals surface area contributed by atoms with E-state index in [1.807, 2.05) is 41.3 Å². The summed E-state index contributed by atoms with van der Waals surface area (Å²) < 4.78 is 0. The monoisotopic (exact) mass is 286 g/mol.